The third-order valence-corrected chi connectivity index (χ3v) is 4.93. The van der Waals surface area contributed by atoms with Crippen molar-refractivity contribution in [1.29, 1.82) is 0 Å². The second kappa shape index (κ2) is 6.64. The molecular formula is C17H16FN3O3S. The number of carbonyl (C=O) groups excluding carboxylic acids is 2. The van der Waals surface area contributed by atoms with Gasteiger partial charge in [-0.15, -0.1) is 11.3 Å². The Balaban J connectivity index is 1.68. The molecule has 1 aromatic carbocycles. The molecule has 0 fully saturated rings. The number of thiophene rings is 1. The zero-order valence-electron chi connectivity index (χ0n) is 13.9. The van der Waals surface area contributed by atoms with E-state index in [1.165, 1.54) is 10.7 Å². The quantitative estimate of drug-likeness (QED) is 0.725. The lowest BCUT2D eigenvalue weighted by molar-refractivity contribution is -0.119. The van der Waals surface area contributed by atoms with Gasteiger partial charge in [-0.1, -0.05) is 6.07 Å². The van der Waals surface area contributed by atoms with E-state index in [-0.39, 0.29) is 5.82 Å². The van der Waals surface area contributed by atoms with Crippen LogP contribution in [0.15, 0.2) is 24.3 Å². The summed E-state index contributed by atoms with van der Waals surface area (Å²) in [5.41, 5.74) is 1.28. The molecule has 25 heavy (non-hydrogen) atoms. The van der Waals surface area contributed by atoms with Gasteiger partial charge in [0.25, 0.3) is 5.91 Å². The number of nitrogens with zero attached hydrogens (tertiary/aromatic N) is 2. The SMILES string of the molecule is Cc1cc(NC(=O)COC(=O)c2sc3cccc(F)c3c2C)n(C)n1. The van der Waals surface area contributed by atoms with Gasteiger partial charge in [0.2, 0.25) is 0 Å². The lowest BCUT2D eigenvalue weighted by Gasteiger charge is -2.06. The van der Waals surface area contributed by atoms with Crippen molar-refractivity contribution in [3.05, 3.63) is 46.2 Å². The largest absolute Gasteiger partial charge is 0.451 e. The zero-order valence-corrected chi connectivity index (χ0v) is 14.7. The predicted molar refractivity (Wildman–Crippen MR) is 93.4 cm³/mol. The Morgan fingerprint density at radius 2 is 2.12 bits per heavy atom. The summed E-state index contributed by atoms with van der Waals surface area (Å²) in [5, 5.41) is 7.14. The lowest BCUT2D eigenvalue weighted by atomic mass is 10.1. The highest BCUT2D eigenvalue weighted by Crippen LogP contribution is 2.32. The van der Waals surface area contributed by atoms with E-state index in [2.05, 4.69) is 10.4 Å². The molecule has 1 amide bonds. The molecular weight excluding hydrogens is 345 g/mol. The second-order valence-electron chi connectivity index (χ2n) is 5.59. The average Bonchev–Trinajstić information content (AvgIpc) is 3.05. The number of rotatable bonds is 4. The van der Waals surface area contributed by atoms with Crippen LogP contribution in [0.3, 0.4) is 0 Å². The molecule has 8 heteroatoms. The van der Waals surface area contributed by atoms with E-state index in [1.807, 2.05) is 0 Å². The monoisotopic (exact) mass is 361 g/mol. The molecule has 0 spiro atoms. The van der Waals surface area contributed by atoms with Crippen LogP contribution in [0.1, 0.15) is 20.9 Å². The van der Waals surface area contributed by atoms with Crippen LogP contribution in [0.25, 0.3) is 10.1 Å². The molecule has 0 bridgehead atoms. The molecule has 0 aliphatic carbocycles. The number of aromatic nitrogens is 2. The Morgan fingerprint density at radius 3 is 2.76 bits per heavy atom. The van der Waals surface area contributed by atoms with E-state index in [0.717, 1.165) is 17.0 Å². The number of halogens is 1. The molecule has 0 unspecified atom stereocenters. The van der Waals surface area contributed by atoms with Crippen molar-refractivity contribution in [2.75, 3.05) is 11.9 Å². The summed E-state index contributed by atoms with van der Waals surface area (Å²) in [6.45, 7) is 3.04. The average molecular weight is 361 g/mol. The number of aryl methyl sites for hydroxylation is 3. The molecule has 0 aliphatic heterocycles. The first-order valence-electron chi connectivity index (χ1n) is 7.52. The van der Waals surface area contributed by atoms with Gasteiger partial charge in [-0.3, -0.25) is 9.48 Å². The number of fused-ring (bicyclic) bond motifs is 1. The number of benzene rings is 1. The van der Waals surface area contributed by atoms with Gasteiger partial charge in [0.05, 0.1) is 5.69 Å². The number of esters is 1. The summed E-state index contributed by atoms with van der Waals surface area (Å²) < 4.78 is 21.2. The first kappa shape index (κ1) is 17.1. The molecule has 3 aromatic rings. The smallest absolute Gasteiger partial charge is 0.349 e. The van der Waals surface area contributed by atoms with Crippen LogP contribution in [-0.4, -0.2) is 28.3 Å². The van der Waals surface area contributed by atoms with E-state index in [1.54, 1.807) is 39.1 Å². The first-order valence-corrected chi connectivity index (χ1v) is 8.33. The molecule has 2 heterocycles. The highest BCUT2D eigenvalue weighted by atomic mass is 32.1. The summed E-state index contributed by atoms with van der Waals surface area (Å²) in [5.74, 6) is -0.982. The lowest BCUT2D eigenvalue weighted by Crippen LogP contribution is -2.22. The summed E-state index contributed by atoms with van der Waals surface area (Å²) in [7, 11) is 1.70. The molecule has 3 rings (SSSR count). The molecule has 1 N–H and O–H groups in total. The van der Waals surface area contributed by atoms with Crippen molar-refractivity contribution in [1.82, 2.24) is 9.78 Å². The third-order valence-electron chi connectivity index (χ3n) is 3.69. The third kappa shape index (κ3) is 3.39. The minimum absolute atomic E-state index is 0.296. The highest BCUT2D eigenvalue weighted by molar-refractivity contribution is 7.21. The second-order valence-corrected chi connectivity index (χ2v) is 6.64. The van der Waals surface area contributed by atoms with Crippen molar-refractivity contribution in [3.8, 4) is 0 Å². The van der Waals surface area contributed by atoms with E-state index in [4.69, 9.17) is 4.74 Å². The van der Waals surface area contributed by atoms with Crippen molar-refractivity contribution < 1.29 is 18.7 Å². The van der Waals surface area contributed by atoms with Crippen LogP contribution >= 0.6 is 11.3 Å². The Hall–Kier alpha value is -2.74. The van der Waals surface area contributed by atoms with Gasteiger partial charge in [-0.2, -0.15) is 5.10 Å². The van der Waals surface area contributed by atoms with Crippen LogP contribution in [-0.2, 0) is 16.6 Å². The normalized spacial score (nSPS) is 10.9. The number of carbonyl (C=O) groups is 2. The van der Waals surface area contributed by atoms with E-state index >= 15 is 0 Å². The van der Waals surface area contributed by atoms with E-state index in [0.29, 0.717) is 26.3 Å². The van der Waals surface area contributed by atoms with Crippen LogP contribution in [0, 0.1) is 19.7 Å². The molecule has 130 valence electrons. The topological polar surface area (TPSA) is 73.2 Å². The fourth-order valence-corrected chi connectivity index (χ4v) is 3.67. The number of hydrogen-bond acceptors (Lipinski definition) is 5. The summed E-state index contributed by atoms with van der Waals surface area (Å²) in [4.78, 5) is 24.5. The fourth-order valence-electron chi connectivity index (χ4n) is 2.55. The van der Waals surface area contributed by atoms with Gasteiger partial charge in [0.1, 0.15) is 16.5 Å². The highest BCUT2D eigenvalue weighted by Gasteiger charge is 2.20. The maximum atomic E-state index is 13.9. The van der Waals surface area contributed by atoms with Crippen LogP contribution in [0.5, 0.6) is 0 Å². The zero-order chi connectivity index (χ0) is 18.1. The van der Waals surface area contributed by atoms with Crippen LogP contribution in [0.2, 0.25) is 0 Å². The van der Waals surface area contributed by atoms with Crippen molar-refractivity contribution in [3.63, 3.8) is 0 Å². The van der Waals surface area contributed by atoms with Crippen molar-refractivity contribution in [2.45, 2.75) is 13.8 Å². The number of anilines is 1. The maximum Gasteiger partial charge on any atom is 0.349 e. The summed E-state index contributed by atoms with van der Waals surface area (Å²) in [6.07, 6.45) is 0. The Bertz CT molecular complexity index is 977. The molecule has 6 nitrogen and oxygen atoms in total. The standard InChI is InChI=1S/C17H16FN3O3S/c1-9-7-13(21(3)20-9)19-14(22)8-24-17(23)16-10(2)15-11(18)5-4-6-12(15)25-16/h4-7H,8H2,1-3H3,(H,19,22). The molecule has 0 saturated carbocycles. The van der Waals surface area contributed by atoms with Crippen LogP contribution in [0.4, 0.5) is 10.2 Å². The van der Waals surface area contributed by atoms with Gasteiger partial charge in [-0.05, 0) is 31.5 Å². The van der Waals surface area contributed by atoms with Gasteiger partial charge >= 0.3 is 5.97 Å². The molecule has 0 aliphatic rings. The molecule has 0 atom stereocenters. The Kier molecular flexibility index (Phi) is 4.54. The minimum Gasteiger partial charge on any atom is -0.451 e. The Labute approximate surface area is 147 Å². The molecule has 0 radical (unpaired) electrons. The van der Waals surface area contributed by atoms with Gasteiger partial charge in [0, 0.05) is 23.2 Å². The maximum absolute atomic E-state index is 13.9. The van der Waals surface area contributed by atoms with Crippen molar-refractivity contribution in [2.24, 2.45) is 7.05 Å². The van der Waals surface area contributed by atoms with Gasteiger partial charge in [-0.25, -0.2) is 9.18 Å². The number of ether oxygens (including phenoxy) is 1. The van der Waals surface area contributed by atoms with E-state index in [9.17, 15) is 14.0 Å². The Morgan fingerprint density at radius 1 is 1.36 bits per heavy atom. The minimum atomic E-state index is -0.644. The fraction of sp³-hybridized carbons (Fsp3) is 0.235. The molecule has 2 aromatic heterocycles. The molecule has 0 saturated heterocycles. The van der Waals surface area contributed by atoms with Crippen molar-refractivity contribution >= 4 is 39.1 Å². The number of nitrogens with one attached hydrogen (secondary N) is 1. The number of hydrogen-bond donors (Lipinski definition) is 1. The van der Waals surface area contributed by atoms with Gasteiger partial charge < -0.3 is 10.1 Å². The first-order chi connectivity index (χ1) is 11.9. The predicted octanol–water partition coefficient (Wildman–Crippen LogP) is 3.19. The van der Waals surface area contributed by atoms with Crippen LogP contribution < -0.4 is 5.32 Å². The van der Waals surface area contributed by atoms with E-state index < -0.39 is 18.5 Å². The summed E-state index contributed by atoms with van der Waals surface area (Å²) in [6, 6.07) is 6.38. The summed E-state index contributed by atoms with van der Waals surface area (Å²) >= 11 is 1.15. The van der Waals surface area contributed by atoms with Gasteiger partial charge in [0.15, 0.2) is 6.61 Å². The number of amides is 1.